The van der Waals surface area contributed by atoms with Gasteiger partial charge < -0.3 is 9.80 Å². The van der Waals surface area contributed by atoms with E-state index in [-0.39, 0.29) is 5.91 Å². The molecule has 1 saturated heterocycles. The highest BCUT2D eigenvalue weighted by Gasteiger charge is 2.36. The maximum atomic E-state index is 12.9. The molecule has 1 heterocycles. The van der Waals surface area contributed by atoms with Crippen molar-refractivity contribution < 1.29 is 9.28 Å². The third-order valence-electron chi connectivity index (χ3n) is 5.96. The Bertz CT molecular complexity index is 736. The van der Waals surface area contributed by atoms with Gasteiger partial charge in [-0.2, -0.15) is 0 Å². The van der Waals surface area contributed by atoms with Crippen molar-refractivity contribution in [1.29, 1.82) is 0 Å². The van der Waals surface area contributed by atoms with Gasteiger partial charge >= 0.3 is 0 Å². The van der Waals surface area contributed by atoms with E-state index in [1.165, 1.54) is 18.4 Å². The average molecular weight is 352 g/mol. The number of aryl methyl sites for hydroxylation is 2. The number of quaternary nitrogens is 1. The molecule has 2 aromatic carbocycles. The molecule has 0 saturated carbocycles. The molecule has 0 radical (unpaired) electrons. The third-order valence-corrected chi connectivity index (χ3v) is 5.96. The van der Waals surface area contributed by atoms with Crippen LogP contribution in [-0.4, -0.2) is 36.6 Å². The van der Waals surface area contributed by atoms with E-state index in [1.54, 1.807) is 0 Å². The second-order valence-corrected chi connectivity index (χ2v) is 7.79. The van der Waals surface area contributed by atoms with Crippen LogP contribution < -0.4 is 5.32 Å². The first kappa shape index (κ1) is 18.7. The average Bonchev–Trinajstić information content (AvgIpc) is 2.66. The first-order valence-electron chi connectivity index (χ1n) is 9.79. The molecule has 138 valence electrons. The summed E-state index contributed by atoms with van der Waals surface area (Å²) in [7, 11) is 0. The number of amides is 1. The van der Waals surface area contributed by atoms with Crippen molar-refractivity contribution in [2.45, 2.75) is 39.5 Å². The molecular weight excluding hydrogens is 320 g/mol. The van der Waals surface area contributed by atoms with E-state index in [1.807, 2.05) is 6.07 Å². The standard InChI is InChI=1S/C23H30N2O/c1-4-25(15-9-14-21(16-25)20-12-6-5-7-13-20)17-22(26)24-23-18(2)10-8-11-19(23)3/h5-8,10-13,21H,4,9,14-17H2,1-3H3/p+1/t21-,25?/m0/s1. The van der Waals surface area contributed by atoms with Gasteiger partial charge in [-0.25, -0.2) is 0 Å². The Balaban J connectivity index is 1.72. The van der Waals surface area contributed by atoms with E-state index in [2.05, 4.69) is 68.6 Å². The summed E-state index contributed by atoms with van der Waals surface area (Å²) < 4.78 is 0.885. The lowest BCUT2D eigenvalue weighted by Crippen LogP contribution is -2.56. The molecule has 0 aromatic heterocycles. The number of likely N-dealkylation sites (N-methyl/N-ethyl adjacent to an activating group) is 1. The minimum atomic E-state index is 0.137. The summed E-state index contributed by atoms with van der Waals surface area (Å²) in [6.45, 7) is 10.1. The zero-order chi connectivity index (χ0) is 18.6. The van der Waals surface area contributed by atoms with Gasteiger partial charge in [-0.3, -0.25) is 4.79 Å². The van der Waals surface area contributed by atoms with E-state index >= 15 is 0 Å². The Labute approximate surface area is 157 Å². The number of hydrogen-bond acceptors (Lipinski definition) is 1. The van der Waals surface area contributed by atoms with Gasteiger partial charge in [0.05, 0.1) is 19.6 Å². The highest BCUT2D eigenvalue weighted by Crippen LogP contribution is 2.31. The molecule has 0 aliphatic carbocycles. The molecule has 1 N–H and O–H groups in total. The first-order chi connectivity index (χ1) is 12.5. The van der Waals surface area contributed by atoms with Crippen molar-refractivity contribution in [3.05, 3.63) is 65.2 Å². The van der Waals surface area contributed by atoms with E-state index < -0.39 is 0 Å². The summed E-state index contributed by atoms with van der Waals surface area (Å²) in [6.07, 6.45) is 2.41. The number of likely N-dealkylation sites (tertiary alicyclic amines) is 1. The molecule has 0 spiro atoms. The van der Waals surface area contributed by atoms with Crippen LogP contribution in [-0.2, 0) is 4.79 Å². The molecule has 2 atom stereocenters. The minimum absolute atomic E-state index is 0.137. The summed E-state index contributed by atoms with van der Waals surface area (Å²) in [4.78, 5) is 12.9. The number of hydrogen-bond donors (Lipinski definition) is 1. The van der Waals surface area contributed by atoms with Crippen LogP contribution in [0, 0.1) is 13.8 Å². The summed E-state index contributed by atoms with van der Waals surface area (Å²) >= 11 is 0. The third kappa shape index (κ3) is 4.16. The largest absolute Gasteiger partial charge is 0.321 e. The number of carbonyl (C=O) groups excluding carboxylic acids is 1. The van der Waals surface area contributed by atoms with Crippen LogP contribution in [0.1, 0.15) is 42.4 Å². The number of nitrogens with zero attached hydrogens (tertiary/aromatic N) is 1. The molecule has 1 aliphatic rings. The molecule has 3 nitrogen and oxygen atoms in total. The molecule has 3 rings (SSSR count). The van der Waals surface area contributed by atoms with Crippen molar-refractivity contribution in [3.8, 4) is 0 Å². The van der Waals surface area contributed by atoms with Crippen molar-refractivity contribution in [2.75, 3.05) is 31.5 Å². The number of nitrogens with one attached hydrogen (secondary N) is 1. The summed E-state index contributed by atoms with van der Waals surface area (Å²) in [5.41, 5.74) is 4.64. The zero-order valence-corrected chi connectivity index (χ0v) is 16.3. The topological polar surface area (TPSA) is 29.1 Å². The predicted molar refractivity (Wildman–Crippen MR) is 108 cm³/mol. The lowest BCUT2D eigenvalue weighted by Gasteiger charge is -2.43. The molecular formula is C23H31N2O+. The quantitative estimate of drug-likeness (QED) is 0.780. The fraction of sp³-hybridized carbons (Fsp3) is 0.435. The highest BCUT2D eigenvalue weighted by atomic mass is 16.2. The van der Waals surface area contributed by atoms with Crippen LogP contribution in [0.25, 0.3) is 0 Å². The lowest BCUT2D eigenvalue weighted by atomic mass is 9.89. The normalized spacial score (nSPS) is 22.8. The second-order valence-electron chi connectivity index (χ2n) is 7.79. The van der Waals surface area contributed by atoms with Crippen LogP contribution in [0.5, 0.6) is 0 Å². The second kappa shape index (κ2) is 8.05. The van der Waals surface area contributed by atoms with Gasteiger partial charge in [0.25, 0.3) is 5.91 Å². The fourth-order valence-corrected chi connectivity index (χ4v) is 4.36. The van der Waals surface area contributed by atoms with Crippen LogP contribution in [0.2, 0.25) is 0 Å². The van der Waals surface area contributed by atoms with Crippen LogP contribution in [0.3, 0.4) is 0 Å². The maximum Gasteiger partial charge on any atom is 0.279 e. The number of para-hydroxylation sites is 1. The van der Waals surface area contributed by atoms with Gasteiger partial charge in [0, 0.05) is 11.6 Å². The maximum absolute atomic E-state index is 12.9. The van der Waals surface area contributed by atoms with Crippen molar-refractivity contribution in [1.82, 2.24) is 0 Å². The van der Waals surface area contributed by atoms with E-state index in [4.69, 9.17) is 0 Å². The molecule has 1 aliphatic heterocycles. The van der Waals surface area contributed by atoms with Gasteiger partial charge in [-0.1, -0.05) is 48.5 Å². The molecule has 1 fully saturated rings. The highest BCUT2D eigenvalue weighted by molar-refractivity contribution is 5.93. The molecule has 2 aromatic rings. The van der Waals surface area contributed by atoms with Crippen LogP contribution in [0.4, 0.5) is 5.69 Å². The van der Waals surface area contributed by atoms with Gasteiger partial charge in [0.1, 0.15) is 0 Å². The molecule has 0 bridgehead atoms. The Morgan fingerprint density at radius 2 is 1.77 bits per heavy atom. The Morgan fingerprint density at radius 3 is 2.42 bits per heavy atom. The number of rotatable bonds is 5. The summed E-state index contributed by atoms with van der Waals surface area (Å²) in [5.74, 6) is 0.691. The van der Waals surface area contributed by atoms with E-state index in [9.17, 15) is 4.79 Å². The Morgan fingerprint density at radius 1 is 1.08 bits per heavy atom. The molecule has 26 heavy (non-hydrogen) atoms. The zero-order valence-electron chi connectivity index (χ0n) is 16.3. The van der Waals surface area contributed by atoms with Crippen molar-refractivity contribution >= 4 is 11.6 Å². The van der Waals surface area contributed by atoms with Gasteiger partial charge in [0.2, 0.25) is 0 Å². The molecule has 1 unspecified atom stereocenters. The first-order valence-corrected chi connectivity index (χ1v) is 9.79. The number of anilines is 1. The number of piperidine rings is 1. The van der Waals surface area contributed by atoms with Crippen molar-refractivity contribution in [3.63, 3.8) is 0 Å². The number of benzene rings is 2. The molecule has 1 amide bonds. The minimum Gasteiger partial charge on any atom is -0.321 e. The van der Waals surface area contributed by atoms with Crippen molar-refractivity contribution in [2.24, 2.45) is 0 Å². The SMILES string of the molecule is CC[N+]1(CC(=O)Nc2c(C)cccc2C)CCC[C@H](c2ccccc2)C1. The van der Waals surface area contributed by atoms with E-state index in [0.29, 0.717) is 12.5 Å². The summed E-state index contributed by atoms with van der Waals surface area (Å²) in [6, 6.07) is 16.9. The van der Waals surface area contributed by atoms with Crippen LogP contribution in [0.15, 0.2) is 48.5 Å². The smallest absolute Gasteiger partial charge is 0.279 e. The fourth-order valence-electron chi connectivity index (χ4n) is 4.36. The number of carbonyl (C=O) groups is 1. The van der Waals surface area contributed by atoms with Gasteiger partial charge in [0.15, 0.2) is 6.54 Å². The van der Waals surface area contributed by atoms with Gasteiger partial charge in [-0.05, 0) is 50.3 Å². The lowest BCUT2D eigenvalue weighted by molar-refractivity contribution is -0.924. The predicted octanol–water partition coefficient (Wildman–Crippen LogP) is 4.66. The monoisotopic (exact) mass is 351 g/mol. The van der Waals surface area contributed by atoms with Gasteiger partial charge in [-0.15, -0.1) is 0 Å². The summed E-state index contributed by atoms with van der Waals surface area (Å²) in [5, 5.41) is 3.18. The Hall–Kier alpha value is -2.13. The van der Waals surface area contributed by atoms with Crippen LogP contribution >= 0.6 is 0 Å². The van der Waals surface area contributed by atoms with E-state index in [0.717, 1.165) is 40.9 Å². The molecule has 3 heteroatoms. The Kier molecular flexibility index (Phi) is 5.77.